The molecule has 1 aliphatic heterocycles. The fourth-order valence-corrected chi connectivity index (χ4v) is 3.98. The minimum atomic E-state index is -0.484. The second-order valence-electron chi connectivity index (χ2n) is 6.78. The molecule has 4 nitrogen and oxygen atoms in total. The maximum absolute atomic E-state index is 13.7. The van der Waals surface area contributed by atoms with E-state index in [1.807, 2.05) is 6.92 Å². The molecule has 0 aliphatic carbocycles. The number of carbonyl (C=O) groups excluding carboxylic acids is 1. The van der Waals surface area contributed by atoms with E-state index < -0.39 is 5.91 Å². The van der Waals surface area contributed by atoms with Crippen molar-refractivity contribution < 1.29 is 9.18 Å². The molecule has 0 saturated carbocycles. The molecule has 1 aromatic carbocycles. The molecule has 1 aliphatic rings. The van der Waals surface area contributed by atoms with E-state index in [-0.39, 0.29) is 5.82 Å². The summed E-state index contributed by atoms with van der Waals surface area (Å²) >= 11 is 0. The van der Waals surface area contributed by atoms with Crippen LogP contribution in [0.15, 0.2) is 18.2 Å². The first kappa shape index (κ1) is 17.0. The van der Waals surface area contributed by atoms with E-state index in [0.717, 1.165) is 43.7 Å². The van der Waals surface area contributed by atoms with Gasteiger partial charge in [0, 0.05) is 35.7 Å². The number of amides is 1. The van der Waals surface area contributed by atoms with E-state index in [9.17, 15) is 9.18 Å². The molecule has 130 valence electrons. The lowest BCUT2D eigenvalue weighted by Crippen LogP contribution is -2.35. The summed E-state index contributed by atoms with van der Waals surface area (Å²) in [5, 5.41) is 0.633. The molecule has 1 fully saturated rings. The van der Waals surface area contributed by atoms with Gasteiger partial charge in [-0.05, 0) is 50.9 Å². The standard InChI is InChI=1S/C19H26FN3O/c1-3-4-9-22-10-7-15(8-11-22)23-13(2)18(19(21)24)16-12-14(20)5-6-17(16)23/h5-6,12,15H,3-4,7-11H2,1-2H3,(H2,21,24). The van der Waals surface area contributed by atoms with Crippen molar-refractivity contribution in [2.75, 3.05) is 19.6 Å². The van der Waals surface area contributed by atoms with E-state index in [1.54, 1.807) is 6.07 Å². The van der Waals surface area contributed by atoms with Crippen LogP contribution in [-0.2, 0) is 0 Å². The van der Waals surface area contributed by atoms with Crippen LogP contribution < -0.4 is 5.73 Å². The Kier molecular flexibility index (Phi) is 4.90. The minimum absolute atomic E-state index is 0.337. The normalized spacial score (nSPS) is 16.8. The minimum Gasteiger partial charge on any atom is -0.366 e. The number of benzene rings is 1. The quantitative estimate of drug-likeness (QED) is 0.909. The zero-order chi connectivity index (χ0) is 17.3. The molecule has 1 saturated heterocycles. The molecule has 2 N–H and O–H groups in total. The van der Waals surface area contributed by atoms with Gasteiger partial charge in [-0.15, -0.1) is 0 Å². The maximum atomic E-state index is 13.7. The van der Waals surface area contributed by atoms with Gasteiger partial charge in [-0.1, -0.05) is 13.3 Å². The molecule has 3 rings (SSSR count). The Hall–Kier alpha value is -1.88. The summed E-state index contributed by atoms with van der Waals surface area (Å²) in [5.74, 6) is -0.821. The first-order valence-electron chi connectivity index (χ1n) is 8.85. The number of aromatic nitrogens is 1. The van der Waals surface area contributed by atoms with Crippen LogP contribution in [0.2, 0.25) is 0 Å². The van der Waals surface area contributed by atoms with Crippen LogP contribution in [0.5, 0.6) is 0 Å². The van der Waals surface area contributed by atoms with Gasteiger partial charge < -0.3 is 15.2 Å². The summed E-state index contributed by atoms with van der Waals surface area (Å²) in [7, 11) is 0. The first-order valence-corrected chi connectivity index (χ1v) is 8.85. The van der Waals surface area contributed by atoms with Crippen molar-refractivity contribution in [2.24, 2.45) is 5.73 Å². The molecule has 0 radical (unpaired) electrons. The average Bonchev–Trinajstić information content (AvgIpc) is 2.84. The van der Waals surface area contributed by atoms with Gasteiger partial charge in [-0.25, -0.2) is 4.39 Å². The molecule has 0 unspecified atom stereocenters. The molecule has 1 amide bonds. The molecular formula is C19H26FN3O. The summed E-state index contributed by atoms with van der Waals surface area (Å²) in [6.07, 6.45) is 4.55. The van der Waals surface area contributed by atoms with Gasteiger partial charge in [0.25, 0.3) is 5.91 Å². The molecule has 2 heterocycles. The summed E-state index contributed by atoms with van der Waals surface area (Å²) < 4.78 is 15.9. The number of primary amides is 1. The highest BCUT2D eigenvalue weighted by Crippen LogP contribution is 2.33. The molecular weight excluding hydrogens is 305 g/mol. The predicted octanol–water partition coefficient (Wildman–Crippen LogP) is 3.62. The van der Waals surface area contributed by atoms with Crippen molar-refractivity contribution in [1.82, 2.24) is 9.47 Å². The topological polar surface area (TPSA) is 51.3 Å². The van der Waals surface area contributed by atoms with Crippen LogP contribution in [0, 0.1) is 12.7 Å². The molecule has 2 aromatic rings. The van der Waals surface area contributed by atoms with Crippen LogP contribution in [0.4, 0.5) is 4.39 Å². The third-order valence-corrected chi connectivity index (χ3v) is 5.21. The van der Waals surface area contributed by atoms with Crippen molar-refractivity contribution in [1.29, 1.82) is 0 Å². The number of fused-ring (bicyclic) bond motifs is 1. The third kappa shape index (κ3) is 3.05. The van der Waals surface area contributed by atoms with E-state index in [4.69, 9.17) is 5.73 Å². The number of rotatable bonds is 5. The van der Waals surface area contributed by atoms with Gasteiger partial charge in [-0.3, -0.25) is 4.79 Å². The smallest absolute Gasteiger partial charge is 0.251 e. The number of hydrogen-bond acceptors (Lipinski definition) is 2. The molecule has 0 spiro atoms. The van der Waals surface area contributed by atoms with E-state index in [1.165, 1.54) is 25.0 Å². The van der Waals surface area contributed by atoms with Crippen molar-refractivity contribution in [3.63, 3.8) is 0 Å². The van der Waals surface area contributed by atoms with Crippen LogP contribution in [0.3, 0.4) is 0 Å². The number of carbonyl (C=O) groups is 1. The summed E-state index contributed by atoms with van der Waals surface area (Å²) in [4.78, 5) is 14.4. The zero-order valence-corrected chi connectivity index (χ0v) is 14.5. The second kappa shape index (κ2) is 6.93. The van der Waals surface area contributed by atoms with Crippen LogP contribution in [0.25, 0.3) is 10.9 Å². The highest BCUT2D eigenvalue weighted by atomic mass is 19.1. The van der Waals surface area contributed by atoms with Crippen molar-refractivity contribution >= 4 is 16.8 Å². The Bertz CT molecular complexity index is 745. The zero-order valence-electron chi connectivity index (χ0n) is 14.5. The molecule has 1 aromatic heterocycles. The number of piperidine rings is 1. The molecule has 0 atom stereocenters. The predicted molar refractivity (Wildman–Crippen MR) is 94.8 cm³/mol. The Morgan fingerprint density at radius 2 is 2.04 bits per heavy atom. The van der Waals surface area contributed by atoms with Gasteiger partial charge in [0.15, 0.2) is 0 Å². The number of nitrogens with two attached hydrogens (primary N) is 1. The summed E-state index contributed by atoms with van der Waals surface area (Å²) in [6.45, 7) is 7.42. The Labute approximate surface area is 142 Å². The maximum Gasteiger partial charge on any atom is 0.251 e. The fourth-order valence-electron chi connectivity index (χ4n) is 3.98. The van der Waals surface area contributed by atoms with Gasteiger partial charge in [-0.2, -0.15) is 0 Å². The van der Waals surface area contributed by atoms with Crippen molar-refractivity contribution in [3.8, 4) is 0 Å². The van der Waals surface area contributed by atoms with Gasteiger partial charge in [0.2, 0.25) is 0 Å². The molecule has 24 heavy (non-hydrogen) atoms. The first-order chi connectivity index (χ1) is 11.5. The van der Waals surface area contributed by atoms with Crippen LogP contribution in [-0.4, -0.2) is 35.0 Å². The highest BCUT2D eigenvalue weighted by Gasteiger charge is 2.26. The molecule has 5 heteroatoms. The Balaban J connectivity index is 1.93. The van der Waals surface area contributed by atoms with Gasteiger partial charge >= 0.3 is 0 Å². The van der Waals surface area contributed by atoms with Crippen LogP contribution >= 0.6 is 0 Å². The lowest BCUT2D eigenvalue weighted by atomic mass is 10.0. The number of halogens is 1. The van der Waals surface area contributed by atoms with Crippen LogP contribution in [0.1, 0.15) is 54.7 Å². The average molecular weight is 331 g/mol. The number of nitrogens with zero attached hydrogens (tertiary/aromatic N) is 2. The SMILES string of the molecule is CCCCN1CCC(n2c(C)c(C(N)=O)c3cc(F)ccc32)CC1. The van der Waals surface area contributed by atoms with E-state index in [2.05, 4.69) is 16.4 Å². The van der Waals surface area contributed by atoms with Gasteiger partial charge in [0.05, 0.1) is 5.56 Å². The molecule has 0 bridgehead atoms. The van der Waals surface area contributed by atoms with E-state index in [0.29, 0.717) is 17.0 Å². The Morgan fingerprint density at radius 1 is 1.33 bits per heavy atom. The largest absolute Gasteiger partial charge is 0.366 e. The number of unbranched alkanes of at least 4 members (excludes halogenated alkanes) is 1. The highest BCUT2D eigenvalue weighted by molar-refractivity contribution is 6.07. The third-order valence-electron chi connectivity index (χ3n) is 5.21. The fraction of sp³-hybridized carbons (Fsp3) is 0.526. The summed E-state index contributed by atoms with van der Waals surface area (Å²) in [5.41, 5.74) is 7.79. The van der Waals surface area contributed by atoms with E-state index >= 15 is 0 Å². The van der Waals surface area contributed by atoms with Gasteiger partial charge in [0.1, 0.15) is 5.82 Å². The summed E-state index contributed by atoms with van der Waals surface area (Å²) in [6, 6.07) is 4.99. The monoisotopic (exact) mass is 331 g/mol. The van der Waals surface area contributed by atoms with Crippen molar-refractivity contribution in [3.05, 3.63) is 35.3 Å². The lowest BCUT2D eigenvalue weighted by molar-refractivity contribution is 0.100. The number of likely N-dealkylation sites (tertiary alicyclic amines) is 1. The van der Waals surface area contributed by atoms with Crippen molar-refractivity contribution in [2.45, 2.75) is 45.6 Å². The lowest BCUT2D eigenvalue weighted by Gasteiger charge is -2.33. The number of hydrogen-bond donors (Lipinski definition) is 1. The Morgan fingerprint density at radius 3 is 2.67 bits per heavy atom. The second-order valence-corrected chi connectivity index (χ2v) is 6.78.